The van der Waals surface area contributed by atoms with Gasteiger partial charge in [0.2, 0.25) is 5.91 Å². The first kappa shape index (κ1) is 13.2. The lowest BCUT2D eigenvalue weighted by Crippen LogP contribution is -2.55. The fourth-order valence-electron chi connectivity index (χ4n) is 1.84. The maximum atomic E-state index is 12.4. The number of aryl methyl sites for hydroxylation is 1. The van der Waals surface area contributed by atoms with Gasteiger partial charge in [0.05, 0.1) is 5.69 Å². The van der Waals surface area contributed by atoms with Crippen molar-refractivity contribution in [1.29, 1.82) is 0 Å². The first-order valence-electron chi connectivity index (χ1n) is 5.36. The van der Waals surface area contributed by atoms with Gasteiger partial charge in [-0.05, 0) is 13.8 Å². The summed E-state index contributed by atoms with van der Waals surface area (Å²) >= 11 is 0.924. The summed E-state index contributed by atoms with van der Waals surface area (Å²) in [5.41, 5.74) is 5.88. The molecular weight excluding hydrogens is 276 g/mol. The van der Waals surface area contributed by atoms with Crippen LogP contribution in [0, 0.1) is 6.92 Å². The molecule has 2 heterocycles. The molecule has 9 heteroatoms. The molecule has 18 heavy (non-hydrogen) atoms. The van der Waals surface area contributed by atoms with Crippen LogP contribution in [0.2, 0.25) is 0 Å². The van der Waals surface area contributed by atoms with Gasteiger partial charge < -0.3 is 11.1 Å². The first-order valence-corrected chi connectivity index (χ1v) is 7.62. The van der Waals surface area contributed by atoms with Crippen molar-refractivity contribution in [3.05, 3.63) is 5.69 Å². The van der Waals surface area contributed by atoms with Gasteiger partial charge in [0, 0.05) is 13.1 Å². The smallest absolute Gasteiger partial charge is 0.255 e. The number of nitrogens with two attached hydrogens (primary N) is 1. The highest BCUT2D eigenvalue weighted by molar-refractivity contribution is 7.91. The molecule has 0 spiro atoms. The zero-order valence-corrected chi connectivity index (χ0v) is 11.6. The Bertz CT molecular complexity index is 581. The number of aromatic nitrogens is 1. The topological polar surface area (TPSA) is 105 Å². The average molecular weight is 290 g/mol. The summed E-state index contributed by atoms with van der Waals surface area (Å²) in [4.78, 5) is 15.4. The molecule has 1 atom stereocenters. The van der Waals surface area contributed by atoms with Crippen LogP contribution >= 0.6 is 11.3 Å². The van der Waals surface area contributed by atoms with Gasteiger partial charge >= 0.3 is 0 Å². The Balaban J connectivity index is 2.42. The monoisotopic (exact) mass is 290 g/mol. The zero-order chi connectivity index (χ0) is 13.5. The predicted molar refractivity (Wildman–Crippen MR) is 67.6 cm³/mol. The van der Waals surface area contributed by atoms with Crippen LogP contribution in [-0.4, -0.2) is 42.7 Å². The second-order valence-electron chi connectivity index (χ2n) is 4.01. The molecule has 1 aliphatic rings. The fraction of sp³-hybridized carbons (Fsp3) is 0.556. The van der Waals surface area contributed by atoms with E-state index in [2.05, 4.69) is 10.3 Å². The summed E-state index contributed by atoms with van der Waals surface area (Å²) in [5.74, 6) is -0.292. The highest BCUT2D eigenvalue weighted by Crippen LogP contribution is 2.29. The van der Waals surface area contributed by atoms with Gasteiger partial charge in [0.1, 0.15) is 6.04 Å². The number of thiazole rings is 1. The Labute approximate surface area is 109 Å². The molecule has 0 aliphatic carbocycles. The Morgan fingerprint density at radius 2 is 2.22 bits per heavy atom. The van der Waals surface area contributed by atoms with Crippen molar-refractivity contribution in [2.45, 2.75) is 24.1 Å². The summed E-state index contributed by atoms with van der Waals surface area (Å²) in [6.07, 6.45) is 0. The lowest BCUT2D eigenvalue weighted by molar-refractivity contribution is -0.126. The van der Waals surface area contributed by atoms with Gasteiger partial charge in [0.25, 0.3) is 10.0 Å². The van der Waals surface area contributed by atoms with E-state index >= 15 is 0 Å². The molecule has 1 saturated heterocycles. The number of anilines is 1. The molecule has 1 unspecified atom stereocenters. The van der Waals surface area contributed by atoms with E-state index in [0.29, 0.717) is 12.2 Å². The molecule has 1 fully saturated rings. The number of carbonyl (C=O) groups excluding carboxylic acids is 1. The Hall–Kier alpha value is -1.19. The molecule has 100 valence electrons. The summed E-state index contributed by atoms with van der Waals surface area (Å²) < 4.78 is 26.2. The Morgan fingerprint density at radius 3 is 2.78 bits per heavy atom. The van der Waals surface area contributed by atoms with Crippen molar-refractivity contribution in [1.82, 2.24) is 14.6 Å². The van der Waals surface area contributed by atoms with Crippen molar-refractivity contribution >= 4 is 32.4 Å². The number of hydrogen-bond donors (Lipinski definition) is 2. The number of nitrogens with zero attached hydrogens (tertiary/aromatic N) is 2. The lowest BCUT2D eigenvalue weighted by Gasteiger charge is -2.31. The van der Waals surface area contributed by atoms with E-state index in [0.717, 1.165) is 11.3 Å². The third kappa shape index (κ3) is 2.08. The largest absolute Gasteiger partial charge is 0.375 e. The minimum Gasteiger partial charge on any atom is -0.375 e. The van der Waals surface area contributed by atoms with Gasteiger partial charge in [-0.1, -0.05) is 11.3 Å². The first-order chi connectivity index (χ1) is 8.34. The highest BCUT2D eigenvalue weighted by atomic mass is 32.2. The molecule has 1 aromatic heterocycles. The normalized spacial score (nSPS) is 21.9. The van der Waals surface area contributed by atoms with Gasteiger partial charge in [0.15, 0.2) is 9.34 Å². The number of nitrogens with one attached hydrogen (secondary N) is 1. The number of hydrogen-bond acceptors (Lipinski definition) is 6. The zero-order valence-electron chi connectivity index (χ0n) is 10.0. The number of sulfonamides is 1. The van der Waals surface area contributed by atoms with Gasteiger partial charge in [-0.3, -0.25) is 4.79 Å². The van der Waals surface area contributed by atoms with Crippen LogP contribution in [0.15, 0.2) is 4.21 Å². The molecule has 3 N–H and O–H groups in total. The summed E-state index contributed by atoms with van der Waals surface area (Å²) in [6.45, 7) is 3.72. The van der Waals surface area contributed by atoms with Crippen LogP contribution in [0.5, 0.6) is 0 Å². The number of amides is 1. The standard InChI is InChI=1S/C9H14N4O3S2/c1-5-8(17-9(10)12-5)18(15,16)13-4-3-11-7(14)6(13)2/h6H,3-4H2,1-2H3,(H2,10,12)(H,11,14). The third-order valence-corrected chi connectivity index (χ3v) is 6.30. The van der Waals surface area contributed by atoms with E-state index < -0.39 is 16.1 Å². The van der Waals surface area contributed by atoms with E-state index in [1.54, 1.807) is 13.8 Å². The average Bonchev–Trinajstić information content (AvgIpc) is 2.62. The number of piperazine rings is 1. The highest BCUT2D eigenvalue weighted by Gasteiger charge is 2.37. The molecule has 0 aromatic carbocycles. The minimum absolute atomic E-state index is 0.113. The van der Waals surface area contributed by atoms with Gasteiger partial charge in [-0.2, -0.15) is 4.31 Å². The summed E-state index contributed by atoms with van der Waals surface area (Å²) in [7, 11) is -3.71. The second-order valence-corrected chi connectivity index (χ2v) is 7.12. The molecule has 0 radical (unpaired) electrons. The minimum atomic E-state index is -3.71. The lowest BCUT2D eigenvalue weighted by atomic mass is 10.2. The summed E-state index contributed by atoms with van der Waals surface area (Å²) in [6, 6.07) is -0.716. The van der Waals surface area contributed by atoms with Crippen LogP contribution in [0.1, 0.15) is 12.6 Å². The Morgan fingerprint density at radius 1 is 1.56 bits per heavy atom. The molecule has 2 rings (SSSR count). The molecule has 1 aliphatic heterocycles. The fourth-order valence-corrected chi connectivity index (χ4v) is 4.84. The van der Waals surface area contributed by atoms with Crippen LogP contribution in [0.3, 0.4) is 0 Å². The quantitative estimate of drug-likeness (QED) is 0.767. The van der Waals surface area contributed by atoms with Crippen molar-refractivity contribution < 1.29 is 13.2 Å². The van der Waals surface area contributed by atoms with Gasteiger partial charge in [-0.15, -0.1) is 0 Å². The van der Waals surface area contributed by atoms with E-state index in [-0.39, 0.29) is 21.8 Å². The van der Waals surface area contributed by atoms with Crippen molar-refractivity contribution in [3.8, 4) is 0 Å². The van der Waals surface area contributed by atoms with Crippen LogP contribution < -0.4 is 11.1 Å². The van der Waals surface area contributed by atoms with Crippen molar-refractivity contribution in [2.24, 2.45) is 0 Å². The SMILES string of the molecule is Cc1nc(N)sc1S(=O)(=O)N1CCNC(=O)C1C. The second kappa shape index (κ2) is 4.48. The van der Waals surface area contributed by atoms with Crippen LogP contribution in [0.4, 0.5) is 5.13 Å². The van der Waals surface area contributed by atoms with E-state index in [9.17, 15) is 13.2 Å². The molecule has 0 saturated carbocycles. The van der Waals surface area contributed by atoms with E-state index in [1.807, 2.05) is 0 Å². The number of rotatable bonds is 2. The molecule has 0 bridgehead atoms. The number of nitrogen functional groups attached to an aromatic ring is 1. The summed E-state index contributed by atoms with van der Waals surface area (Å²) in [5, 5.41) is 2.83. The maximum absolute atomic E-state index is 12.4. The van der Waals surface area contributed by atoms with Crippen molar-refractivity contribution in [2.75, 3.05) is 18.8 Å². The van der Waals surface area contributed by atoms with Crippen LogP contribution in [-0.2, 0) is 14.8 Å². The number of carbonyl (C=O) groups is 1. The molecule has 1 aromatic rings. The van der Waals surface area contributed by atoms with E-state index in [1.165, 1.54) is 4.31 Å². The molecule has 7 nitrogen and oxygen atoms in total. The van der Waals surface area contributed by atoms with Crippen LogP contribution in [0.25, 0.3) is 0 Å². The maximum Gasteiger partial charge on any atom is 0.255 e. The van der Waals surface area contributed by atoms with E-state index in [4.69, 9.17) is 5.73 Å². The van der Waals surface area contributed by atoms with Crippen molar-refractivity contribution in [3.63, 3.8) is 0 Å². The van der Waals surface area contributed by atoms with Gasteiger partial charge in [-0.25, -0.2) is 13.4 Å². The predicted octanol–water partition coefficient (Wildman–Crippen LogP) is -0.457. The third-order valence-electron chi connectivity index (χ3n) is 2.76. The Kier molecular flexibility index (Phi) is 3.30. The molecule has 1 amide bonds. The molecular formula is C9H14N4O3S2.